The summed E-state index contributed by atoms with van der Waals surface area (Å²) in [6.07, 6.45) is 0. The predicted octanol–water partition coefficient (Wildman–Crippen LogP) is 1.14. The van der Waals surface area contributed by atoms with E-state index < -0.39 is 5.97 Å². The summed E-state index contributed by atoms with van der Waals surface area (Å²) >= 11 is 5.04. The monoisotopic (exact) mass is 179 g/mol. The Morgan fingerprint density at radius 1 is 1.36 bits per heavy atom. The van der Waals surface area contributed by atoms with Gasteiger partial charge < -0.3 is 9.47 Å². The highest BCUT2D eigenvalue weighted by Crippen LogP contribution is 1.90. The van der Waals surface area contributed by atoms with Gasteiger partial charge in [-0.15, -0.1) is 4.51 Å². The van der Waals surface area contributed by atoms with Gasteiger partial charge in [0.15, 0.2) is 0 Å². The van der Waals surface area contributed by atoms with Crippen molar-refractivity contribution < 1.29 is 14.3 Å². The molecule has 0 aromatic heterocycles. The second kappa shape index (κ2) is 5.97. The molecule has 64 valence electrons. The van der Waals surface area contributed by atoms with Crippen LogP contribution in [0, 0.1) is 0 Å². The smallest absolute Gasteiger partial charge is 0.395 e. The number of carbonyl (C=O) groups is 1. The predicted molar refractivity (Wildman–Crippen MR) is 41.5 cm³/mol. The van der Waals surface area contributed by atoms with Gasteiger partial charge in [0.25, 0.3) is 0 Å². The minimum Gasteiger partial charge on any atom is -0.472 e. The van der Waals surface area contributed by atoms with Crippen molar-refractivity contribution in [2.75, 3.05) is 13.2 Å². The van der Waals surface area contributed by atoms with Gasteiger partial charge in [-0.1, -0.05) is 0 Å². The van der Waals surface area contributed by atoms with E-state index in [0.29, 0.717) is 6.61 Å². The van der Waals surface area contributed by atoms with E-state index in [1.54, 1.807) is 13.8 Å². The maximum atomic E-state index is 10.8. The lowest BCUT2D eigenvalue weighted by atomic mass is 10.6. The molecule has 0 aromatic rings. The highest BCUT2D eigenvalue weighted by atomic mass is 35.5. The van der Waals surface area contributed by atoms with Crippen LogP contribution >= 0.6 is 11.8 Å². The Labute approximate surface area is 70.3 Å². The van der Waals surface area contributed by atoms with Crippen LogP contribution in [0.1, 0.15) is 13.8 Å². The van der Waals surface area contributed by atoms with Crippen molar-refractivity contribution in [3.63, 3.8) is 0 Å². The Morgan fingerprint density at radius 3 is 2.27 bits per heavy atom. The van der Waals surface area contributed by atoms with Crippen molar-refractivity contribution in [3.05, 3.63) is 0 Å². The molecule has 11 heavy (non-hydrogen) atoms. The van der Waals surface area contributed by atoms with Crippen molar-refractivity contribution in [1.29, 1.82) is 0 Å². The third-order valence-corrected chi connectivity index (χ3v) is 0.961. The Bertz CT molecular complexity index is 158. The van der Waals surface area contributed by atoms with E-state index in [0.717, 1.165) is 0 Å². The topological polar surface area (TPSA) is 47.9 Å². The van der Waals surface area contributed by atoms with E-state index in [2.05, 4.69) is 9.25 Å². The second-order valence-electron chi connectivity index (χ2n) is 1.54. The molecule has 0 radical (unpaired) electrons. The van der Waals surface area contributed by atoms with E-state index in [4.69, 9.17) is 16.5 Å². The number of halogens is 1. The van der Waals surface area contributed by atoms with Gasteiger partial charge in [0, 0.05) is 11.8 Å². The summed E-state index contributed by atoms with van der Waals surface area (Å²) in [6, 6.07) is 0. The number of hydrogen-bond acceptors (Lipinski definition) is 4. The normalized spacial score (nSPS) is 11.0. The lowest BCUT2D eigenvalue weighted by Crippen LogP contribution is -2.19. The first-order chi connectivity index (χ1) is 5.26. The first-order valence-corrected chi connectivity index (χ1v) is 3.58. The number of hydrogen-bond donors (Lipinski definition) is 0. The summed E-state index contributed by atoms with van der Waals surface area (Å²) in [5.41, 5.74) is 0. The molecule has 0 N–H and O–H groups in total. The largest absolute Gasteiger partial charge is 0.472 e. The molecule has 5 heteroatoms. The van der Waals surface area contributed by atoms with Crippen LogP contribution in [0.4, 0.5) is 0 Å². The molecule has 0 atom stereocenters. The third-order valence-electron chi connectivity index (χ3n) is 0.808. The van der Waals surface area contributed by atoms with Gasteiger partial charge in [0.1, 0.15) is 0 Å². The Morgan fingerprint density at radius 2 is 1.91 bits per heavy atom. The van der Waals surface area contributed by atoms with E-state index in [1.807, 2.05) is 0 Å². The molecule has 0 heterocycles. The summed E-state index contributed by atoms with van der Waals surface area (Å²) in [4.78, 5) is 10.8. The summed E-state index contributed by atoms with van der Waals surface area (Å²) < 4.78 is 12.4. The van der Waals surface area contributed by atoms with Gasteiger partial charge >= 0.3 is 11.9 Å². The molecular formula is C6H10ClNO3. The van der Waals surface area contributed by atoms with Crippen molar-refractivity contribution >= 4 is 23.6 Å². The fraction of sp³-hybridized carbons (Fsp3) is 0.667. The van der Waals surface area contributed by atoms with Gasteiger partial charge in [-0.25, -0.2) is 4.79 Å². The van der Waals surface area contributed by atoms with Gasteiger partial charge in [0.2, 0.25) is 0 Å². The van der Waals surface area contributed by atoms with Crippen LogP contribution in [0.5, 0.6) is 0 Å². The number of ether oxygens (including phenoxy) is 2. The van der Waals surface area contributed by atoms with E-state index in [-0.39, 0.29) is 12.5 Å². The molecule has 0 saturated carbocycles. The minimum atomic E-state index is -0.635. The number of nitrogens with zero attached hydrogens (tertiary/aromatic N) is 1. The fourth-order valence-corrected chi connectivity index (χ4v) is 0.565. The Balaban J connectivity index is 3.94. The highest BCUT2D eigenvalue weighted by molar-refractivity contribution is 6.38. The third kappa shape index (κ3) is 3.83. The van der Waals surface area contributed by atoms with E-state index >= 15 is 0 Å². The summed E-state index contributed by atoms with van der Waals surface area (Å²) in [6.45, 7) is 4.03. The maximum absolute atomic E-state index is 10.8. The van der Waals surface area contributed by atoms with Crippen molar-refractivity contribution in [2.24, 2.45) is 4.51 Å². The van der Waals surface area contributed by atoms with Crippen molar-refractivity contribution in [3.8, 4) is 0 Å². The zero-order valence-corrected chi connectivity index (χ0v) is 7.22. The number of carbonyl (C=O) groups excluding carboxylic acids is 1. The quantitative estimate of drug-likeness (QED) is 0.363. The average molecular weight is 180 g/mol. The SMILES string of the molecule is CCOC(=O)/C(=N/Cl)OCC. The maximum Gasteiger partial charge on any atom is 0.395 e. The molecule has 0 spiro atoms. The molecule has 4 nitrogen and oxygen atoms in total. The van der Waals surface area contributed by atoms with Crippen molar-refractivity contribution in [1.82, 2.24) is 0 Å². The van der Waals surface area contributed by atoms with Gasteiger partial charge in [-0.2, -0.15) is 0 Å². The van der Waals surface area contributed by atoms with E-state index in [9.17, 15) is 4.79 Å². The summed E-state index contributed by atoms with van der Waals surface area (Å²) in [5, 5.41) is 0. The molecule has 0 bridgehead atoms. The molecule has 0 saturated heterocycles. The first kappa shape index (κ1) is 10.2. The molecule has 0 aliphatic carbocycles. The lowest BCUT2D eigenvalue weighted by Gasteiger charge is -2.03. The van der Waals surface area contributed by atoms with Crippen LogP contribution in [-0.2, 0) is 14.3 Å². The molecule has 0 fully saturated rings. The van der Waals surface area contributed by atoms with Crippen LogP contribution in [-0.4, -0.2) is 25.1 Å². The second-order valence-corrected chi connectivity index (χ2v) is 1.71. The zero-order valence-electron chi connectivity index (χ0n) is 6.46. The van der Waals surface area contributed by atoms with E-state index in [1.165, 1.54) is 0 Å². The number of esters is 1. The van der Waals surface area contributed by atoms with Crippen LogP contribution in [0.3, 0.4) is 0 Å². The van der Waals surface area contributed by atoms with Crippen LogP contribution in [0.2, 0.25) is 0 Å². The lowest BCUT2D eigenvalue weighted by molar-refractivity contribution is -0.136. The molecular weight excluding hydrogens is 170 g/mol. The number of rotatable bonds is 2. The van der Waals surface area contributed by atoms with Crippen LogP contribution < -0.4 is 0 Å². The van der Waals surface area contributed by atoms with Gasteiger partial charge in [-0.3, -0.25) is 0 Å². The van der Waals surface area contributed by atoms with Crippen LogP contribution in [0.15, 0.2) is 4.51 Å². The average Bonchev–Trinajstić information content (AvgIpc) is 2.00. The fourth-order valence-electron chi connectivity index (χ4n) is 0.447. The highest BCUT2D eigenvalue weighted by Gasteiger charge is 2.12. The zero-order chi connectivity index (χ0) is 8.69. The molecule has 0 aliphatic heterocycles. The molecule has 0 unspecified atom stereocenters. The molecule has 0 aliphatic rings. The first-order valence-electron chi connectivity index (χ1n) is 3.25. The Kier molecular flexibility index (Phi) is 5.56. The summed E-state index contributed by atoms with van der Waals surface area (Å²) in [5.74, 6) is -0.833. The molecule has 0 aromatic carbocycles. The van der Waals surface area contributed by atoms with Crippen LogP contribution in [0.25, 0.3) is 0 Å². The minimum absolute atomic E-state index is 0.198. The van der Waals surface area contributed by atoms with Gasteiger partial charge in [0.05, 0.1) is 13.2 Å². The van der Waals surface area contributed by atoms with Crippen molar-refractivity contribution in [2.45, 2.75) is 13.8 Å². The molecule has 0 rings (SSSR count). The van der Waals surface area contributed by atoms with Gasteiger partial charge in [-0.05, 0) is 13.8 Å². The summed E-state index contributed by atoms with van der Waals surface area (Å²) in [7, 11) is 0. The molecule has 0 amide bonds. The Hall–Kier alpha value is -0.770. The standard InChI is InChI=1S/C6H10ClNO3/c1-3-10-5(8-7)6(9)11-4-2/h3-4H2,1-2H3/b8-5-.